The Morgan fingerprint density at radius 1 is 1.09 bits per heavy atom. The summed E-state index contributed by atoms with van der Waals surface area (Å²) in [5.74, 6) is -3.16. The number of hydrogen-bond donors (Lipinski definition) is 1. The normalized spacial score (nSPS) is 16.1. The first kappa shape index (κ1) is 17.2. The lowest BCUT2D eigenvalue weighted by Crippen LogP contribution is -2.45. The number of rotatable bonds is 4. The summed E-state index contributed by atoms with van der Waals surface area (Å²) in [6.45, 7) is 2.59. The molecule has 0 fully saturated rings. The Balaban J connectivity index is 2.28. The molecule has 2 N–H and O–H groups in total. The summed E-state index contributed by atoms with van der Waals surface area (Å²) in [4.78, 5) is 48.3. The van der Waals surface area contributed by atoms with Crippen LogP contribution in [0.1, 0.15) is 34.6 Å². The standard InChI is InChI=1S/C14H12Cl2N2O5/c1-5(14(22)23-6(2)11(17)19)18-12(20)7-3-9(15)10(16)4-8(7)13(18)21/h3-6H,1-2H3,(H2,17,19)/t5-,6+/m0/s1. The van der Waals surface area contributed by atoms with Crippen LogP contribution < -0.4 is 5.73 Å². The van der Waals surface area contributed by atoms with Crippen LogP contribution in [-0.2, 0) is 14.3 Å². The van der Waals surface area contributed by atoms with Gasteiger partial charge in [-0.2, -0.15) is 0 Å². The number of ether oxygens (including phenoxy) is 1. The minimum absolute atomic E-state index is 0.0481. The molecule has 9 heteroatoms. The molecule has 0 unspecified atom stereocenters. The number of hydrogen-bond acceptors (Lipinski definition) is 5. The predicted octanol–water partition coefficient (Wildman–Crippen LogP) is 1.39. The van der Waals surface area contributed by atoms with Crippen molar-refractivity contribution in [3.63, 3.8) is 0 Å². The number of halogens is 2. The molecule has 1 heterocycles. The van der Waals surface area contributed by atoms with Gasteiger partial charge in [0.25, 0.3) is 17.7 Å². The van der Waals surface area contributed by atoms with Crippen LogP contribution in [0.5, 0.6) is 0 Å². The molecule has 2 atom stereocenters. The van der Waals surface area contributed by atoms with Gasteiger partial charge in [-0.3, -0.25) is 19.3 Å². The molecule has 1 aliphatic heterocycles. The van der Waals surface area contributed by atoms with E-state index >= 15 is 0 Å². The molecular weight excluding hydrogens is 347 g/mol. The predicted molar refractivity (Wildman–Crippen MR) is 81.2 cm³/mol. The maximum atomic E-state index is 12.3. The first-order valence-corrected chi connectivity index (χ1v) is 7.27. The highest BCUT2D eigenvalue weighted by atomic mass is 35.5. The number of nitrogens with two attached hydrogens (primary N) is 1. The van der Waals surface area contributed by atoms with Crippen LogP contribution in [0.4, 0.5) is 0 Å². The Bertz CT molecular complexity index is 693. The topological polar surface area (TPSA) is 107 Å². The van der Waals surface area contributed by atoms with Crippen LogP contribution in [0, 0.1) is 0 Å². The highest BCUT2D eigenvalue weighted by Gasteiger charge is 2.42. The summed E-state index contributed by atoms with van der Waals surface area (Å²) in [6, 6.07) is 1.30. The largest absolute Gasteiger partial charge is 0.451 e. The Morgan fingerprint density at radius 3 is 1.91 bits per heavy atom. The fourth-order valence-corrected chi connectivity index (χ4v) is 2.37. The van der Waals surface area contributed by atoms with Crippen molar-refractivity contribution >= 4 is 46.9 Å². The Hall–Kier alpha value is -2.12. The van der Waals surface area contributed by atoms with E-state index in [1.165, 1.54) is 26.0 Å². The van der Waals surface area contributed by atoms with Crippen molar-refractivity contribution < 1.29 is 23.9 Å². The molecule has 0 radical (unpaired) electrons. The van der Waals surface area contributed by atoms with Crippen LogP contribution in [0.15, 0.2) is 12.1 Å². The minimum Gasteiger partial charge on any atom is -0.451 e. The summed E-state index contributed by atoms with van der Waals surface area (Å²) in [7, 11) is 0. The van der Waals surface area contributed by atoms with Crippen molar-refractivity contribution in [2.75, 3.05) is 0 Å². The number of carbonyl (C=O) groups excluding carboxylic acids is 4. The van der Waals surface area contributed by atoms with E-state index in [0.29, 0.717) is 0 Å². The second-order valence-corrected chi connectivity index (χ2v) is 5.76. The zero-order valence-corrected chi connectivity index (χ0v) is 13.6. The minimum atomic E-state index is -1.23. The number of amides is 3. The van der Waals surface area contributed by atoms with E-state index in [1.807, 2.05) is 0 Å². The van der Waals surface area contributed by atoms with Gasteiger partial charge in [0.15, 0.2) is 6.10 Å². The van der Waals surface area contributed by atoms with Crippen LogP contribution in [0.25, 0.3) is 0 Å². The summed E-state index contributed by atoms with van der Waals surface area (Å²) >= 11 is 11.7. The summed E-state index contributed by atoms with van der Waals surface area (Å²) in [5.41, 5.74) is 5.10. The molecule has 1 aromatic rings. The lowest BCUT2D eigenvalue weighted by Gasteiger charge is -2.22. The van der Waals surface area contributed by atoms with Crippen molar-refractivity contribution in [1.29, 1.82) is 0 Å². The second-order valence-electron chi connectivity index (χ2n) is 4.95. The zero-order valence-electron chi connectivity index (χ0n) is 12.1. The Labute approximate surface area is 141 Å². The number of esters is 1. The highest BCUT2D eigenvalue weighted by Crippen LogP contribution is 2.32. The van der Waals surface area contributed by atoms with Gasteiger partial charge in [0, 0.05) is 0 Å². The SMILES string of the molecule is C[C@@H](OC(=O)[C@H](C)N1C(=O)c2cc(Cl)c(Cl)cc2C1=O)C(N)=O. The van der Waals surface area contributed by atoms with Crippen LogP contribution in [-0.4, -0.2) is 40.7 Å². The molecule has 0 saturated carbocycles. The third kappa shape index (κ3) is 3.02. The number of fused-ring (bicyclic) bond motifs is 1. The van der Waals surface area contributed by atoms with E-state index in [-0.39, 0.29) is 21.2 Å². The van der Waals surface area contributed by atoms with Gasteiger partial charge in [-0.1, -0.05) is 23.2 Å². The van der Waals surface area contributed by atoms with Gasteiger partial charge in [-0.05, 0) is 26.0 Å². The average molecular weight is 359 g/mol. The molecule has 2 rings (SSSR count). The van der Waals surface area contributed by atoms with Crippen molar-refractivity contribution in [1.82, 2.24) is 4.90 Å². The van der Waals surface area contributed by atoms with E-state index in [0.717, 1.165) is 4.90 Å². The van der Waals surface area contributed by atoms with E-state index in [4.69, 9.17) is 33.7 Å². The molecule has 7 nitrogen and oxygen atoms in total. The van der Waals surface area contributed by atoms with Gasteiger partial charge in [-0.15, -0.1) is 0 Å². The number of benzene rings is 1. The third-order valence-corrected chi connectivity index (χ3v) is 4.10. The third-order valence-electron chi connectivity index (χ3n) is 3.38. The maximum absolute atomic E-state index is 12.3. The van der Waals surface area contributed by atoms with Gasteiger partial charge < -0.3 is 10.5 Å². The number of imide groups is 1. The zero-order chi connectivity index (χ0) is 17.5. The lowest BCUT2D eigenvalue weighted by molar-refractivity contribution is -0.157. The molecule has 3 amide bonds. The number of primary amides is 1. The van der Waals surface area contributed by atoms with Crippen LogP contribution in [0.3, 0.4) is 0 Å². The monoisotopic (exact) mass is 358 g/mol. The van der Waals surface area contributed by atoms with Gasteiger partial charge in [0.05, 0.1) is 21.2 Å². The summed E-state index contributed by atoms with van der Waals surface area (Å²) in [5, 5.41) is 0.233. The second kappa shape index (κ2) is 6.17. The molecule has 0 aliphatic carbocycles. The summed E-state index contributed by atoms with van der Waals surface area (Å²) in [6.07, 6.45) is -1.18. The molecule has 0 saturated heterocycles. The molecule has 0 bridgehead atoms. The molecule has 23 heavy (non-hydrogen) atoms. The smallest absolute Gasteiger partial charge is 0.329 e. The quantitative estimate of drug-likeness (QED) is 0.646. The summed E-state index contributed by atoms with van der Waals surface area (Å²) < 4.78 is 4.82. The van der Waals surface area contributed by atoms with E-state index in [9.17, 15) is 19.2 Å². The Morgan fingerprint density at radius 2 is 1.52 bits per heavy atom. The number of carbonyl (C=O) groups is 4. The fraction of sp³-hybridized carbons (Fsp3) is 0.286. The van der Waals surface area contributed by atoms with Gasteiger partial charge in [0.2, 0.25) is 0 Å². The molecular formula is C14H12Cl2N2O5. The fourth-order valence-electron chi connectivity index (χ4n) is 2.04. The van der Waals surface area contributed by atoms with E-state index in [1.54, 1.807) is 0 Å². The highest BCUT2D eigenvalue weighted by molar-refractivity contribution is 6.43. The molecule has 1 aromatic carbocycles. The maximum Gasteiger partial charge on any atom is 0.329 e. The van der Waals surface area contributed by atoms with Gasteiger partial charge >= 0.3 is 5.97 Å². The van der Waals surface area contributed by atoms with Gasteiger partial charge in [-0.25, -0.2) is 4.79 Å². The Kier molecular flexibility index (Phi) is 4.63. The van der Waals surface area contributed by atoms with Crippen LogP contribution >= 0.6 is 23.2 Å². The first-order valence-electron chi connectivity index (χ1n) is 6.52. The van der Waals surface area contributed by atoms with E-state index < -0.39 is 35.8 Å². The van der Waals surface area contributed by atoms with Crippen molar-refractivity contribution in [2.45, 2.75) is 26.0 Å². The molecule has 0 aromatic heterocycles. The van der Waals surface area contributed by atoms with Crippen LogP contribution in [0.2, 0.25) is 10.0 Å². The number of nitrogens with zero attached hydrogens (tertiary/aromatic N) is 1. The lowest BCUT2D eigenvalue weighted by atomic mass is 10.1. The molecule has 1 aliphatic rings. The van der Waals surface area contributed by atoms with Crippen molar-refractivity contribution in [3.8, 4) is 0 Å². The van der Waals surface area contributed by atoms with Crippen molar-refractivity contribution in [2.24, 2.45) is 5.73 Å². The van der Waals surface area contributed by atoms with E-state index in [2.05, 4.69) is 0 Å². The average Bonchev–Trinajstić information content (AvgIpc) is 2.70. The molecule has 0 spiro atoms. The van der Waals surface area contributed by atoms with Crippen molar-refractivity contribution in [3.05, 3.63) is 33.3 Å². The molecule has 122 valence electrons. The van der Waals surface area contributed by atoms with Gasteiger partial charge in [0.1, 0.15) is 6.04 Å². The first-order chi connectivity index (χ1) is 10.6.